The highest BCUT2D eigenvalue weighted by Gasteiger charge is 2.34. The molecule has 0 spiro atoms. The van der Waals surface area contributed by atoms with Crippen LogP contribution in [0.5, 0.6) is 0 Å². The lowest BCUT2D eigenvalue weighted by atomic mass is 10.0. The molecule has 12 heteroatoms. The summed E-state index contributed by atoms with van der Waals surface area (Å²) in [7, 11) is 1.91. The summed E-state index contributed by atoms with van der Waals surface area (Å²) in [6.45, 7) is 0.857. The second-order valence-electron chi connectivity index (χ2n) is 7.87. The van der Waals surface area contributed by atoms with Gasteiger partial charge in [-0.05, 0) is 50.7 Å². The summed E-state index contributed by atoms with van der Waals surface area (Å²) >= 11 is 0. The first kappa shape index (κ1) is 22.5. The Morgan fingerprint density at radius 3 is 2.64 bits per heavy atom. The number of primary amides is 1. The molecule has 0 unspecified atom stereocenters. The fourth-order valence-corrected chi connectivity index (χ4v) is 3.87. The number of alkyl halides is 3. The van der Waals surface area contributed by atoms with E-state index < -0.39 is 23.6 Å². The van der Waals surface area contributed by atoms with Gasteiger partial charge in [-0.3, -0.25) is 14.5 Å². The molecule has 2 amide bonds. The van der Waals surface area contributed by atoms with E-state index in [1.807, 2.05) is 11.9 Å². The number of hydrogen-bond donors (Lipinski definition) is 4. The van der Waals surface area contributed by atoms with Crippen LogP contribution in [0.15, 0.2) is 36.3 Å². The monoisotopic (exact) mass is 461 g/mol. The van der Waals surface area contributed by atoms with Crippen LogP contribution in [0.3, 0.4) is 0 Å². The Bertz CT molecular complexity index is 1130. The van der Waals surface area contributed by atoms with Gasteiger partial charge in [-0.2, -0.15) is 13.2 Å². The molecule has 1 aromatic carbocycles. The number of anilines is 3. The molecule has 33 heavy (non-hydrogen) atoms. The summed E-state index contributed by atoms with van der Waals surface area (Å²) in [5.74, 6) is -1.54. The van der Waals surface area contributed by atoms with Crippen LogP contribution in [0.1, 0.15) is 30.8 Å². The molecule has 0 radical (unpaired) electrons. The second kappa shape index (κ2) is 8.70. The zero-order valence-electron chi connectivity index (χ0n) is 17.7. The first-order chi connectivity index (χ1) is 15.6. The van der Waals surface area contributed by atoms with Crippen molar-refractivity contribution in [3.05, 3.63) is 47.8 Å². The van der Waals surface area contributed by atoms with Crippen LogP contribution in [-0.2, 0) is 15.8 Å². The fourth-order valence-electron chi connectivity index (χ4n) is 3.87. The Balaban J connectivity index is 1.58. The van der Waals surface area contributed by atoms with Crippen LogP contribution in [0.2, 0.25) is 0 Å². The standard InChI is InChI=1S/C21H22F3N7O2/c1-31-9-3-2-4-14(31)20(33)27-11-5-6-12-13(10-11)29-19(28-12)16(17(25)32)18-26-8-7-15(30-18)21(22,23)24/h5-8,10,14,28-29H,2-4,9H2,1H3,(H2,25,32)(H,27,33)/b19-16-/t14-/m1/s1. The van der Waals surface area contributed by atoms with E-state index in [1.54, 1.807) is 18.2 Å². The largest absolute Gasteiger partial charge is 0.433 e. The third-order valence-electron chi connectivity index (χ3n) is 5.55. The summed E-state index contributed by atoms with van der Waals surface area (Å²) in [5.41, 5.74) is 5.49. The van der Waals surface area contributed by atoms with Crippen LogP contribution in [-0.4, -0.2) is 46.3 Å². The molecule has 1 aromatic heterocycles. The van der Waals surface area contributed by atoms with E-state index in [9.17, 15) is 22.8 Å². The summed E-state index contributed by atoms with van der Waals surface area (Å²) in [4.78, 5) is 34.0. The van der Waals surface area contributed by atoms with Gasteiger partial charge in [0, 0.05) is 11.9 Å². The normalized spacial score (nSPS) is 19.8. The molecule has 3 heterocycles. The average Bonchev–Trinajstić information content (AvgIpc) is 3.16. The molecule has 174 valence electrons. The molecule has 0 bridgehead atoms. The Kier molecular flexibility index (Phi) is 5.93. The topological polar surface area (TPSA) is 125 Å². The maximum atomic E-state index is 13.0. The van der Waals surface area contributed by atoms with Crippen molar-refractivity contribution in [1.82, 2.24) is 14.9 Å². The Labute approximate surface area is 187 Å². The van der Waals surface area contributed by atoms with Gasteiger partial charge in [0.15, 0.2) is 5.82 Å². The molecule has 2 aromatic rings. The lowest BCUT2D eigenvalue weighted by Crippen LogP contribution is -2.44. The highest BCUT2D eigenvalue weighted by Crippen LogP contribution is 2.36. The van der Waals surface area contributed by atoms with Crippen molar-refractivity contribution >= 4 is 34.4 Å². The summed E-state index contributed by atoms with van der Waals surface area (Å²) in [5, 5.41) is 8.72. The van der Waals surface area contributed by atoms with Crippen molar-refractivity contribution in [2.24, 2.45) is 5.73 Å². The van der Waals surface area contributed by atoms with Gasteiger partial charge in [0.1, 0.15) is 17.1 Å². The number of aromatic nitrogens is 2. The van der Waals surface area contributed by atoms with Crippen molar-refractivity contribution in [2.45, 2.75) is 31.5 Å². The molecule has 2 aliphatic heterocycles. The predicted molar refractivity (Wildman–Crippen MR) is 116 cm³/mol. The number of benzene rings is 1. The zero-order chi connectivity index (χ0) is 23.8. The summed E-state index contributed by atoms with van der Waals surface area (Å²) in [6, 6.07) is 5.49. The number of nitrogens with one attached hydrogen (secondary N) is 3. The van der Waals surface area contributed by atoms with Gasteiger partial charge in [-0.25, -0.2) is 9.97 Å². The van der Waals surface area contributed by atoms with E-state index >= 15 is 0 Å². The van der Waals surface area contributed by atoms with Crippen LogP contribution in [0.25, 0.3) is 5.57 Å². The second-order valence-corrected chi connectivity index (χ2v) is 7.87. The quantitative estimate of drug-likeness (QED) is 0.516. The molecule has 2 aliphatic rings. The lowest BCUT2D eigenvalue weighted by Gasteiger charge is -2.31. The first-order valence-corrected chi connectivity index (χ1v) is 10.3. The van der Waals surface area contributed by atoms with Gasteiger partial charge in [0.25, 0.3) is 5.91 Å². The fraction of sp³-hybridized carbons (Fsp3) is 0.333. The van der Waals surface area contributed by atoms with Gasteiger partial charge in [0.05, 0.1) is 17.4 Å². The minimum absolute atomic E-state index is 0.0484. The molecule has 1 atom stereocenters. The number of likely N-dealkylation sites (N-methyl/N-ethyl adjacent to an activating group) is 1. The molecular formula is C21H22F3N7O2. The Morgan fingerprint density at radius 2 is 1.94 bits per heavy atom. The van der Waals surface area contributed by atoms with E-state index in [1.165, 1.54) is 0 Å². The molecule has 4 rings (SSSR count). The number of amides is 2. The molecule has 1 saturated heterocycles. The summed E-state index contributed by atoms with van der Waals surface area (Å²) < 4.78 is 39.1. The average molecular weight is 461 g/mol. The van der Waals surface area contributed by atoms with Gasteiger partial charge in [-0.1, -0.05) is 6.42 Å². The predicted octanol–water partition coefficient (Wildman–Crippen LogP) is 2.61. The number of likely N-dealkylation sites (tertiary alicyclic amines) is 1. The van der Waals surface area contributed by atoms with Crippen molar-refractivity contribution in [2.75, 3.05) is 29.5 Å². The van der Waals surface area contributed by atoms with Crippen LogP contribution in [0, 0.1) is 0 Å². The van der Waals surface area contributed by atoms with Crippen molar-refractivity contribution in [1.29, 1.82) is 0 Å². The van der Waals surface area contributed by atoms with Crippen LogP contribution in [0.4, 0.5) is 30.2 Å². The molecular weight excluding hydrogens is 439 g/mol. The third kappa shape index (κ3) is 4.75. The first-order valence-electron chi connectivity index (χ1n) is 10.3. The molecule has 0 aliphatic carbocycles. The Hall–Kier alpha value is -3.67. The number of nitrogens with two attached hydrogens (primary N) is 1. The van der Waals surface area contributed by atoms with Crippen molar-refractivity contribution < 1.29 is 22.8 Å². The maximum absolute atomic E-state index is 13.0. The van der Waals surface area contributed by atoms with E-state index in [0.717, 1.165) is 32.0 Å². The highest BCUT2D eigenvalue weighted by atomic mass is 19.4. The zero-order valence-corrected chi connectivity index (χ0v) is 17.7. The van der Waals surface area contributed by atoms with Gasteiger partial charge < -0.3 is 21.7 Å². The van der Waals surface area contributed by atoms with Gasteiger partial charge >= 0.3 is 6.18 Å². The van der Waals surface area contributed by atoms with Crippen LogP contribution < -0.4 is 21.7 Å². The van der Waals surface area contributed by atoms with Crippen molar-refractivity contribution in [3.63, 3.8) is 0 Å². The minimum Gasteiger partial charge on any atom is -0.365 e. The van der Waals surface area contributed by atoms with Gasteiger partial charge in [-0.15, -0.1) is 0 Å². The number of fused-ring (bicyclic) bond motifs is 1. The maximum Gasteiger partial charge on any atom is 0.433 e. The number of hydrogen-bond acceptors (Lipinski definition) is 7. The van der Waals surface area contributed by atoms with Gasteiger partial charge in [0.2, 0.25) is 5.91 Å². The summed E-state index contributed by atoms with van der Waals surface area (Å²) in [6.07, 6.45) is -0.975. The van der Waals surface area contributed by atoms with E-state index in [2.05, 4.69) is 25.9 Å². The molecule has 5 N–H and O–H groups in total. The molecule has 1 fully saturated rings. The number of halogens is 3. The number of rotatable bonds is 4. The minimum atomic E-state index is -4.70. The third-order valence-corrected chi connectivity index (χ3v) is 5.55. The number of nitrogens with zero attached hydrogens (tertiary/aromatic N) is 3. The molecule has 0 saturated carbocycles. The number of carbonyl (C=O) groups is 2. The highest BCUT2D eigenvalue weighted by molar-refractivity contribution is 6.20. The van der Waals surface area contributed by atoms with E-state index in [-0.39, 0.29) is 23.3 Å². The number of piperidine rings is 1. The smallest absolute Gasteiger partial charge is 0.365 e. The SMILES string of the molecule is CN1CCCC[C@@H]1C(=O)Nc1ccc2c(c1)N/C(=C(/C(N)=O)c1nccc(C(F)(F)F)n1)N2. The van der Waals surface area contributed by atoms with E-state index in [0.29, 0.717) is 23.1 Å². The number of carbonyl (C=O) groups excluding carboxylic acids is 2. The van der Waals surface area contributed by atoms with E-state index in [4.69, 9.17) is 5.73 Å². The van der Waals surface area contributed by atoms with Crippen LogP contribution >= 0.6 is 0 Å². The lowest BCUT2D eigenvalue weighted by molar-refractivity contribution is -0.141. The Morgan fingerprint density at radius 1 is 1.18 bits per heavy atom. The molecule has 9 nitrogen and oxygen atoms in total. The van der Waals surface area contributed by atoms with Crippen molar-refractivity contribution in [3.8, 4) is 0 Å².